The van der Waals surface area contributed by atoms with E-state index in [-0.39, 0.29) is 0 Å². The molecule has 0 saturated carbocycles. The van der Waals surface area contributed by atoms with Gasteiger partial charge in [-0.3, -0.25) is 0 Å². The van der Waals surface area contributed by atoms with Crippen LogP contribution in [0.4, 0.5) is 0 Å². The number of thioether (sulfide) groups is 1. The van der Waals surface area contributed by atoms with Gasteiger partial charge < -0.3 is 5.11 Å². The third kappa shape index (κ3) is 2.66. The highest BCUT2D eigenvalue weighted by atomic mass is 32.2. The molecule has 20 heavy (non-hydrogen) atoms. The van der Waals surface area contributed by atoms with Gasteiger partial charge in [0.15, 0.2) is 0 Å². The average molecular weight is 302 g/mol. The number of carbonyl (C=O) groups is 1. The van der Waals surface area contributed by atoms with Crippen LogP contribution in [0.15, 0.2) is 47.8 Å². The number of fused-ring (bicyclic) bond motifs is 1. The molecule has 2 aromatic heterocycles. The molecular formula is C14H10N2O2S2. The van der Waals surface area contributed by atoms with E-state index in [0.717, 1.165) is 20.8 Å². The first kappa shape index (κ1) is 13.1. The molecule has 0 spiro atoms. The molecular weight excluding hydrogens is 292 g/mol. The summed E-state index contributed by atoms with van der Waals surface area (Å²) in [5.74, 6) is -0.169. The highest BCUT2D eigenvalue weighted by Crippen LogP contribution is 2.29. The normalized spacial score (nSPS) is 10.8. The monoisotopic (exact) mass is 302 g/mol. The molecule has 0 amide bonds. The van der Waals surface area contributed by atoms with E-state index < -0.39 is 5.97 Å². The lowest BCUT2D eigenvalue weighted by Gasteiger charge is -2.03. The first-order valence-corrected chi connectivity index (χ1v) is 7.69. The second-order valence-electron chi connectivity index (χ2n) is 4.06. The van der Waals surface area contributed by atoms with Crippen LogP contribution >= 0.6 is 23.1 Å². The van der Waals surface area contributed by atoms with Crippen LogP contribution in [0, 0.1) is 0 Å². The van der Waals surface area contributed by atoms with Crippen LogP contribution in [0.2, 0.25) is 0 Å². The predicted octanol–water partition coefficient (Wildman–Crippen LogP) is 3.68. The number of benzene rings is 1. The highest BCUT2D eigenvalue weighted by molar-refractivity contribution is 7.98. The molecule has 0 unspecified atom stereocenters. The Morgan fingerprint density at radius 2 is 2.05 bits per heavy atom. The van der Waals surface area contributed by atoms with Crippen molar-refractivity contribution >= 4 is 40.0 Å². The summed E-state index contributed by atoms with van der Waals surface area (Å²) >= 11 is 2.90. The van der Waals surface area contributed by atoms with Gasteiger partial charge in [0.2, 0.25) is 0 Å². The minimum absolute atomic E-state index is 0.369. The second-order valence-corrected chi connectivity index (χ2v) is 6.19. The Bertz CT molecular complexity index is 765. The fraction of sp³-hybridized carbons (Fsp3) is 0.0714. The van der Waals surface area contributed by atoms with E-state index in [9.17, 15) is 4.79 Å². The molecule has 0 saturated heterocycles. The maximum Gasteiger partial charge on any atom is 0.345 e. The standard InChI is InChI=1S/C14H10N2O2S2/c17-14(18)12-6-5-9(20-12)7-19-13-10-3-1-2-4-11(10)15-8-16-13/h1-6,8H,7H2,(H,17,18). The average Bonchev–Trinajstić information content (AvgIpc) is 2.94. The fourth-order valence-corrected chi connectivity index (χ4v) is 3.68. The van der Waals surface area contributed by atoms with Gasteiger partial charge in [-0.15, -0.1) is 23.1 Å². The summed E-state index contributed by atoms with van der Waals surface area (Å²) in [5.41, 5.74) is 0.919. The van der Waals surface area contributed by atoms with Crippen molar-refractivity contribution in [2.24, 2.45) is 0 Å². The van der Waals surface area contributed by atoms with Crippen LogP contribution in [0.3, 0.4) is 0 Å². The van der Waals surface area contributed by atoms with Crippen molar-refractivity contribution in [3.63, 3.8) is 0 Å². The number of rotatable bonds is 4. The molecule has 2 heterocycles. The number of para-hydroxylation sites is 1. The van der Waals surface area contributed by atoms with Crippen LogP contribution in [0.1, 0.15) is 14.5 Å². The van der Waals surface area contributed by atoms with Gasteiger partial charge in [0.1, 0.15) is 16.2 Å². The van der Waals surface area contributed by atoms with Crippen molar-refractivity contribution in [1.29, 1.82) is 0 Å². The van der Waals surface area contributed by atoms with E-state index in [1.165, 1.54) is 11.3 Å². The van der Waals surface area contributed by atoms with Gasteiger partial charge in [-0.2, -0.15) is 0 Å². The van der Waals surface area contributed by atoms with Crippen LogP contribution in [0.5, 0.6) is 0 Å². The third-order valence-corrected chi connectivity index (χ3v) is 5.04. The number of hydrogen-bond acceptors (Lipinski definition) is 5. The maximum absolute atomic E-state index is 10.8. The summed E-state index contributed by atoms with van der Waals surface area (Å²) in [4.78, 5) is 20.8. The summed E-state index contributed by atoms with van der Waals surface area (Å²) in [6.45, 7) is 0. The van der Waals surface area contributed by atoms with Crippen molar-refractivity contribution in [3.8, 4) is 0 Å². The number of carboxylic acids is 1. The summed E-state index contributed by atoms with van der Waals surface area (Å²) in [5, 5.41) is 10.8. The van der Waals surface area contributed by atoms with Crippen molar-refractivity contribution in [3.05, 3.63) is 52.5 Å². The first-order valence-electron chi connectivity index (χ1n) is 5.88. The molecule has 6 heteroatoms. The molecule has 3 rings (SSSR count). The van der Waals surface area contributed by atoms with Crippen LogP contribution in [-0.4, -0.2) is 21.0 Å². The zero-order chi connectivity index (χ0) is 13.9. The van der Waals surface area contributed by atoms with E-state index in [0.29, 0.717) is 10.6 Å². The van der Waals surface area contributed by atoms with E-state index in [2.05, 4.69) is 9.97 Å². The van der Waals surface area contributed by atoms with Gasteiger partial charge in [0.25, 0.3) is 0 Å². The van der Waals surface area contributed by atoms with Gasteiger partial charge in [-0.1, -0.05) is 18.2 Å². The Morgan fingerprint density at radius 3 is 2.85 bits per heavy atom. The second kappa shape index (κ2) is 5.60. The third-order valence-electron chi connectivity index (χ3n) is 2.73. The van der Waals surface area contributed by atoms with Gasteiger partial charge in [0, 0.05) is 16.0 Å². The maximum atomic E-state index is 10.8. The van der Waals surface area contributed by atoms with Crippen molar-refractivity contribution in [1.82, 2.24) is 9.97 Å². The predicted molar refractivity (Wildman–Crippen MR) is 80.4 cm³/mol. The lowest BCUT2D eigenvalue weighted by atomic mass is 10.2. The van der Waals surface area contributed by atoms with Crippen LogP contribution < -0.4 is 0 Å². The quantitative estimate of drug-likeness (QED) is 0.588. The van der Waals surface area contributed by atoms with E-state index in [4.69, 9.17) is 5.11 Å². The SMILES string of the molecule is O=C(O)c1ccc(CSc2ncnc3ccccc23)s1. The van der Waals surface area contributed by atoms with E-state index in [1.54, 1.807) is 24.2 Å². The van der Waals surface area contributed by atoms with Gasteiger partial charge in [0.05, 0.1) is 5.52 Å². The van der Waals surface area contributed by atoms with Gasteiger partial charge >= 0.3 is 5.97 Å². The summed E-state index contributed by atoms with van der Waals surface area (Å²) < 4.78 is 0. The number of aromatic nitrogens is 2. The lowest BCUT2D eigenvalue weighted by Crippen LogP contribution is -1.89. The number of hydrogen-bond donors (Lipinski definition) is 1. The van der Waals surface area contributed by atoms with Crippen molar-refractivity contribution in [2.45, 2.75) is 10.8 Å². The molecule has 0 aliphatic rings. The first-order chi connectivity index (χ1) is 9.74. The summed E-state index contributed by atoms with van der Waals surface area (Å²) in [6, 6.07) is 11.3. The Labute approximate surface area is 123 Å². The minimum atomic E-state index is -0.876. The topological polar surface area (TPSA) is 63.1 Å². The zero-order valence-electron chi connectivity index (χ0n) is 10.3. The molecule has 3 aromatic rings. The van der Waals surface area contributed by atoms with Crippen molar-refractivity contribution < 1.29 is 9.90 Å². The van der Waals surface area contributed by atoms with E-state index in [1.807, 2.05) is 30.3 Å². The molecule has 0 atom stereocenters. The Morgan fingerprint density at radius 1 is 1.20 bits per heavy atom. The molecule has 0 radical (unpaired) electrons. The lowest BCUT2D eigenvalue weighted by molar-refractivity contribution is 0.0702. The molecule has 0 aliphatic heterocycles. The summed E-state index contributed by atoms with van der Waals surface area (Å²) in [6.07, 6.45) is 1.56. The molecule has 0 fully saturated rings. The van der Waals surface area contributed by atoms with Gasteiger partial charge in [-0.05, 0) is 18.2 Å². The number of nitrogens with zero attached hydrogens (tertiary/aromatic N) is 2. The van der Waals surface area contributed by atoms with E-state index >= 15 is 0 Å². The number of aromatic carboxylic acids is 1. The number of carboxylic acid groups (broad SMARTS) is 1. The Kier molecular flexibility index (Phi) is 3.66. The molecule has 100 valence electrons. The number of thiophene rings is 1. The van der Waals surface area contributed by atoms with Crippen molar-refractivity contribution in [2.75, 3.05) is 0 Å². The molecule has 1 aromatic carbocycles. The highest BCUT2D eigenvalue weighted by Gasteiger charge is 2.09. The smallest absolute Gasteiger partial charge is 0.345 e. The van der Waals surface area contributed by atoms with Crippen LogP contribution in [0.25, 0.3) is 10.9 Å². The fourth-order valence-electron chi connectivity index (χ4n) is 1.81. The Balaban J connectivity index is 1.81. The molecule has 1 N–H and O–H groups in total. The zero-order valence-corrected chi connectivity index (χ0v) is 11.9. The molecule has 0 bridgehead atoms. The van der Waals surface area contributed by atoms with Gasteiger partial charge in [-0.25, -0.2) is 14.8 Å². The largest absolute Gasteiger partial charge is 0.477 e. The Hall–Kier alpha value is -1.92. The molecule has 4 nitrogen and oxygen atoms in total. The van der Waals surface area contributed by atoms with Crippen LogP contribution in [-0.2, 0) is 5.75 Å². The molecule has 0 aliphatic carbocycles. The summed E-state index contributed by atoms with van der Waals surface area (Å²) in [7, 11) is 0. The minimum Gasteiger partial charge on any atom is -0.477 e.